The molecule has 0 atom stereocenters. The van der Waals surface area contributed by atoms with Gasteiger partial charge in [0, 0.05) is 0 Å². The van der Waals surface area contributed by atoms with E-state index in [1.807, 2.05) is 61.5 Å². The maximum absolute atomic E-state index is 12.8. The summed E-state index contributed by atoms with van der Waals surface area (Å²) in [5.74, 6) is -0.0627. The van der Waals surface area contributed by atoms with Gasteiger partial charge in [0.2, 0.25) is 0 Å². The van der Waals surface area contributed by atoms with Crippen LogP contribution in [0, 0.1) is 6.92 Å². The van der Waals surface area contributed by atoms with Crippen LogP contribution in [-0.4, -0.2) is 21.1 Å². The molecule has 1 fully saturated rings. The lowest BCUT2D eigenvalue weighted by Crippen LogP contribution is -2.27. The lowest BCUT2D eigenvalue weighted by atomic mass is 10.1. The summed E-state index contributed by atoms with van der Waals surface area (Å²) >= 11 is 6.70. The van der Waals surface area contributed by atoms with Crippen LogP contribution in [0.25, 0.3) is 6.08 Å². The molecule has 0 saturated carbocycles. The third-order valence-electron chi connectivity index (χ3n) is 4.70. The quantitative estimate of drug-likeness (QED) is 0.221. The van der Waals surface area contributed by atoms with E-state index in [2.05, 4.69) is 0 Å². The minimum Gasteiger partial charge on any atom is -0.423 e. The number of thiocarbonyl (C=S) groups is 1. The average molecular weight is 446 g/mol. The van der Waals surface area contributed by atoms with Crippen LogP contribution in [0.1, 0.15) is 27.0 Å². The molecule has 31 heavy (non-hydrogen) atoms. The minimum absolute atomic E-state index is 0.103. The first-order chi connectivity index (χ1) is 15.0. The van der Waals surface area contributed by atoms with E-state index in [0.29, 0.717) is 27.1 Å². The summed E-state index contributed by atoms with van der Waals surface area (Å²) in [5.41, 5.74) is 3.36. The van der Waals surface area contributed by atoms with Gasteiger partial charge in [-0.15, -0.1) is 0 Å². The Morgan fingerprint density at radius 3 is 2.48 bits per heavy atom. The van der Waals surface area contributed by atoms with Crippen LogP contribution in [-0.2, 0) is 11.3 Å². The monoisotopic (exact) mass is 445 g/mol. The maximum Gasteiger partial charge on any atom is 0.343 e. The highest BCUT2D eigenvalue weighted by Crippen LogP contribution is 2.33. The lowest BCUT2D eigenvalue weighted by molar-refractivity contribution is -0.122. The first-order valence-corrected chi connectivity index (χ1v) is 10.9. The number of amides is 1. The standard InChI is InChI=1S/C25H19NO3S2/c1-17-6-5-9-20(14-17)24(28)29-21-12-10-18(11-13-21)15-22-23(27)26(25(30)31-22)16-19-7-3-2-4-8-19/h2-15H,16H2,1H3. The summed E-state index contributed by atoms with van der Waals surface area (Å²) in [6.07, 6.45) is 1.80. The molecule has 1 amide bonds. The zero-order valence-corrected chi connectivity index (χ0v) is 18.4. The number of carbonyl (C=O) groups excluding carboxylic acids is 2. The first-order valence-electron chi connectivity index (χ1n) is 9.68. The van der Waals surface area contributed by atoms with Crippen molar-refractivity contribution in [1.29, 1.82) is 0 Å². The van der Waals surface area contributed by atoms with Gasteiger partial charge < -0.3 is 4.74 Å². The Morgan fingerprint density at radius 1 is 1.03 bits per heavy atom. The third kappa shape index (κ3) is 5.10. The molecule has 1 heterocycles. The van der Waals surface area contributed by atoms with Crippen LogP contribution in [0.3, 0.4) is 0 Å². The fourth-order valence-electron chi connectivity index (χ4n) is 3.12. The summed E-state index contributed by atoms with van der Waals surface area (Å²) in [5, 5.41) is 0. The number of rotatable bonds is 5. The van der Waals surface area contributed by atoms with Crippen molar-refractivity contribution in [2.24, 2.45) is 0 Å². The third-order valence-corrected chi connectivity index (χ3v) is 6.08. The molecule has 0 bridgehead atoms. The van der Waals surface area contributed by atoms with Gasteiger partial charge in [0.25, 0.3) is 5.91 Å². The van der Waals surface area contributed by atoms with E-state index < -0.39 is 5.97 Å². The van der Waals surface area contributed by atoms with Crippen LogP contribution in [0.5, 0.6) is 5.75 Å². The number of ether oxygens (including phenoxy) is 1. The van der Waals surface area contributed by atoms with Crippen molar-refractivity contribution in [3.63, 3.8) is 0 Å². The molecule has 4 nitrogen and oxygen atoms in total. The number of carbonyl (C=O) groups is 2. The van der Waals surface area contributed by atoms with Crippen LogP contribution in [0.2, 0.25) is 0 Å². The Morgan fingerprint density at radius 2 is 1.77 bits per heavy atom. The van der Waals surface area contributed by atoms with Crippen molar-refractivity contribution in [2.45, 2.75) is 13.5 Å². The van der Waals surface area contributed by atoms with Gasteiger partial charge in [-0.1, -0.05) is 84.1 Å². The second-order valence-electron chi connectivity index (χ2n) is 7.08. The molecular formula is C25H19NO3S2. The summed E-state index contributed by atoms with van der Waals surface area (Å²) in [6, 6.07) is 24.1. The highest BCUT2D eigenvalue weighted by Gasteiger charge is 2.31. The molecule has 0 aromatic heterocycles. The number of benzene rings is 3. The highest BCUT2D eigenvalue weighted by atomic mass is 32.2. The van der Waals surface area contributed by atoms with Gasteiger partial charge in [0.15, 0.2) is 0 Å². The SMILES string of the molecule is Cc1cccc(C(=O)Oc2ccc(C=C3SC(=S)N(Cc4ccccc4)C3=O)cc2)c1. The normalized spacial score (nSPS) is 14.9. The van der Waals surface area contributed by atoms with Gasteiger partial charge in [0.05, 0.1) is 17.0 Å². The number of thioether (sulfide) groups is 1. The van der Waals surface area contributed by atoms with Gasteiger partial charge in [-0.05, 0) is 48.4 Å². The van der Waals surface area contributed by atoms with E-state index >= 15 is 0 Å². The van der Waals surface area contributed by atoms with Crippen LogP contribution < -0.4 is 4.74 Å². The maximum atomic E-state index is 12.8. The number of nitrogens with zero attached hydrogens (tertiary/aromatic N) is 1. The predicted molar refractivity (Wildman–Crippen MR) is 128 cm³/mol. The Bertz CT molecular complexity index is 1170. The van der Waals surface area contributed by atoms with Gasteiger partial charge in [-0.3, -0.25) is 9.69 Å². The van der Waals surface area contributed by atoms with Gasteiger partial charge in [-0.25, -0.2) is 4.79 Å². The Balaban J connectivity index is 1.44. The highest BCUT2D eigenvalue weighted by molar-refractivity contribution is 8.26. The van der Waals surface area contributed by atoms with Crippen LogP contribution in [0.15, 0.2) is 83.8 Å². The lowest BCUT2D eigenvalue weighted by Gasteiger charge is -2.14. The smallest absolute Gasteiger partial charge is 0.343 e. The van der Waals surface area contributed by atoms with E-state index in [1.54, 1.807) is 35.2 Å². The first kappa shape index (κ1) is 21.0. The molecule has 6 heteroatoms. The minimum atomic E-state index is -0.404. The second kappa shape index (κ2) is 9.29. The summed E-state index contributed by atoms with van der Waals surface area (Å²) in [6.45, 7) is 2.38. The molecule has 0 aliphatic carbocycles. The molecule has 0 N–H and O–H groups in total. The van der Waals surface area contributed by atoms with E-state index in [0.717, 1.165) is 16.7 Å². The van der Waals surface area contributed by atoms with Crippen LogP contribution >= 0.6 is 24.0 Å². The largest absolute Gasteiger partial charge is 0.423 e. The number of hydrogen-bond donors (Lipinski definition) is 0. The van der Waals surface area contributed by atoms with Crippen molar-refractivity contribution in [1.82, 2.24) is 4.90 Å². The van der Waals surface area contributed by atoms with Crippen molar-refractivity contribution >= 4 is 46.3 Å². The molecule has 3 aromatic carbocycles. The predicted octanol–water partition coefficient (Wildman–Crippen LogP) is 5.62. The van der Waals surface area contributed by atoms with Crippen molar-refractivity contribution in [2.75, 3.05) is 0 Å². The topological polar surface area (TPSA) is 46.6 Å². The van der Waals surface area contributed by atoms with Crippen molar-refractivity contribution in [3.05, 3.63) is 106 Å². The zero-order valence-electron chi connectivity index (χ0n) is 16.8. The van der Waals surface area contributed by atoms with E-state index in [9.17, 15) is 9.59 Å². The van der Waals surface area contributed by atoms with E-state index in [1.165, 1.54) is 11.8 Å². The van der Waals surface area contributed by atoms with Gasteiger partial charge in [0.1, 0.15) is 10.1 Å². The molecule has 0 unspecified atom stereocenters. The molecular weight excluding hydrogens is 426 g/mol. The molecule has 1 aliphatic rings. The molecule has 154 valence electrons. The van der Waals surface area contributed by atoms with Crippen LogP contribution in [0.4, 0.5) is 0 Å². The fraction of sp³-hybridized carbons (Fsp3) is 0.0800. The summed E-state index contributed by atoms with van der Waals surface area (Å²) in [4.78, 5) is 27.3. The molecule has 0 spiro atoms. The Kier molecular flexibility index (Phi) is 6.30. The fourth-order valence-corrected chi connectivity index (χ4v) is 4.38. The van der Waals surface area contributed by atoms with E-state index in [4.69, 9.17) is 17.0 Å². The second-order valence-corrected chi connectivity index (χ2v) is 8.76. The molecule has 3 aromatic rings. The van der Waals surface area contributed by atoms with Gasteiger partial charge in [-0.2, -0.15) is 0 Å². The zero-order chi connectivity index (χ0) is 21.8. The number of esters is 1. The van der Waals surface area contributed by atoms with Gasteiger partial charge >= 0.3 is 5.97 Å². The Hall–Kier alpha value is -3.22. The van der Waals surface area contributed by atoms with Crippen molar-refractivity contribution < 1.29 is 14.3 Å². The number of aryl methyl sites for hydroxylation is 1. The van der Waals surface area contributed by atoms with E-state index in [-0.39, 0.29) is 5.91 Å². The molecule has 0 radical (unpaired) electrons. The summed E-state index contributed by atoms with van der Waals surface area (Å²) < 4.78 is 5.99. The van der Waals surface area contributed by atoms with Crippen molar-refractivity contribution in [3.8, 4) is 5.75 Å². The average Bonchev–Trinajstić information content (AvgIpc) is 3.03. The molecule has 4 rings (SSSR count). The summed E-state index contributed by atoms with van der Waals surface area (Å²) in [7, 11) is 0. The molecule has 1 saturated heterocycles. The molecule has 1 aliphatic heterocycles. The number of hydrogen-bond acceptors (Lipinski definition) is 5. The Labute approximate surface area is 190 Å².